The molecule has 2 rings (SSSR count). The number of carbonyl (C=O) groups excluding carboxylic acids is 1. The highest BCUT2D eigenvalue weighted by Gasteiger charge is 2.19. The normalized spacial score (nSPS) is 11.3. The van der Waals surface area contributed by atoms with Gasteiger partial charge in [-0.3, -0.25) is 4.79 Å². The lowest BCUT2D eigenvalue weighted by Crippen LogP contribution is -2.28. The van der Waals surface area contributed by atoms with Crippen molar-refractivity contribution >= 4 is 5.91 Å². The zero-order chi connectivity index (χ0) is 16.2. The second kappa shape index (κ2) is 6.69. The van der Waals surface area contributed by atoms with Crippen molar-refractivity contribution in [3.05, 3.63) is 53.5 Å². The van der Waals surface area contributed by atoms with Crippen LogP contribution >= 0.6 is 0 Å². The van der Waals surface area contributed by atoms with E-state index in [1.54, 1.807) is 12.3 Å². The SMILES string of the molecule is Cc1ccc(OCC(=O)NCc2ccco2)c(C(C)(C)C)c1. The zero-order valence-corrected chi connectivity index (χ0v) is 13.6. The average molecular weight is 301 g/mol. The van der Waals surface area contributed by atoms with Gasteiger partial charge in [-0.15, -0.1) is 0 Å². The van der Waals surface area contributed by atoms with Crippen LogP contribution in [-0.2, 0) is 16.8 Å². The van der Waals surface area contributed by atoms with Gasteiger partial charge in [-0.2, -0.15) is 0 Å². The molecule has 1 aromatic carbocycles. The number of nitrogens with one attached hydrogen (secondary N) is 1. The van der Waals surface area contributed by atoms with Crippen molar-refractivity contribution in [2.45, 2.75) is 39.7 Å². The number of carbonyl (C=O) groups is 1. The molecule has 4 nitrogen and oxygen atoms in total. The molecule has 4 heteroatoms. The van der Waals surface area contributed by atoms with E-state index in [1.165, 1.54) is 5.56 Å². The van der Waals surface area contributed by atoms with Crippen LogP contribution in [0.2, 0.25) is 0 Å². The first-order valence-electron chi connectivity index (χ1n) is 7.39. The summed E-state index contributed by atoms with van der Waals surface area (Å²) in [4.78, 5) is 11.9. The fourth-order valence-corrected chi connectivity index (χ4v) is 2.15. The third kappa shape index (κ3) is 4.38. The van der Waals surface area contributed by atoms with Gasteiger partial charge in [-0.25, -0.2) is 0 Å². The second-order valence-electron chi connectivity index (χ2n) is 6.39. The van der Waals surface area contributed by atoms with Crippen LogP contribution in [0.25, 0.3) is 0 Å². The first-order valence-corrected chi connectivity index (χ1v) is 7.39. The Labute approximate surface area is 131 Å². The van der Waals surface area contributed by atoms with Crippen LogP contribution in [0.5, 0.6) is 5.75 Å². The molecular weight excluding hydrogens is 278 g/mol. The van der Waals surface area contributed by atoms with Gasteiger partial charge in [0.05, 0.1) is 12.8 Å². The maximum absolute atomic E-state index is 11.9. The van der Waals surface area contributed by atoms with Crippen LogP contribution in [-0.4, -0.2) is 12.5 Å². The third-order valence-electron chi connectivity index (χ3n) is 3.34. The van der Waals surface area contributed by atoms with E-state index < -0.39 is 0 Å². The van der Waals surface area contributed by atoms with Crippen LogP contribution in [0.1, 0.15) is 37.7 Å². The largest absolute Gasteiger partial charge is 0.483 e. The van der Waals surface area contributed by atoms with E-state index in [2.05, 4.69) is 39.1 Å². The summed E-state index contributed by atoms with van der Waals surface area (Å²) in [6, 6.07) is 9.63. The maximum atomic E-state index is 11.9. The number of aryl methyl sites for hydroxylation is 1. The van der Waals surface area contributed by atoms with E-state index in [1.807, 2.05) is 18.2 Å². The summed E-state index contributed by atoms with van der Waals surface area (Å²) >= 11 is 0. The Morgan fingerprint density at radius 3 is 2.68 bits per heavy atom. The van der Waals surface area contributed by atoms with Crippen molar-refractivity contribution in [1.82, 2.24) is 5.32 Å². The number of amides is 1. The molecule has 2 aromatic rings. The van der Waals surface area contributed by atoms with Gasteiger partial charge in [0.1, 0.15) is 11.5 Å². The predicted molar refractivity (Wildman–Crippen MR) is 85.9 cm³/mol. The van der Waals surface area contributed by atoms with E-state index in [-0.39, 0.29) is 17.9 Å². The van der Waals surface area contributed by atoms with Gasteiger partial charge in [0, 0.05) is 0 Å². The number of ether oxygens (including phenoxy) is 1. The van der Waals surface area contributed by atoms with Crippen LogP contribution in [0.3, 0.4) is 0 Å². The zero-order valence-electron chi connectivity index (χ0n) is 13.6. The fourth-order valence-electron chi connectivity index (χ4n) is 2.15. The molecular formula is C18H23NO3. The van der Waals surface area contributed by atoms with Gasteiger partial charge in [-0.05, 0) is 36.1 Å². The van der Waals surface area contributed by atoms with Crippen LogP contribution < -0.4 is 10.1 Å². The number of hydrogen-bond acceptors (Lipinski definition) is 3. The Hall–Kier alpha value is -2.23. The van der Waals surface area contributed by atoms with Crippen molar-refractivity contribution in [3.63, 3.8) is 0 Å². The van der Waals surface area contributed by atoms with Gasteiger partial charge in [0.25, 0.3) is 5.91 Å². The molecule has 0 saturated heterocycles. The van der Waals surface area contributed by atoms with Crippen LogP contribution in [0.15, 0.2) is 41.0 Å². The minimum atomic E-state index is -0.170. The topological polar surface area (TPSA) is 51.5 Å². The van der Waals surface area contributed by atoms with Crippen molar-refractivity contribution in [2.24, 2.45) is 0 Å². The summed E-state index contributed by atoms with van der Waals surface area (Å²) < 4.78 is 10.9. The Morgan fingerprint density at radius 2 is 2.05 bits per heavy atom. The molecule has 0 atom stereocenters. The molecule has 118 valence electrons. The molecule has 0 spiro atoms. The van der Waals surface area contributed by atoms with E-state index in [4.69, 9.17) is 9.15 Å². The Kier molecular flexibility index (Phi) is 4.91. The van der Waals surface area contributed by atoms with Crippen molar-refractivity contribution in [3.8, 4) is 5.75 Å². The van der Waals surface area contributed by atoms with Crippen molar-refractivity contribution < 1.29 is 13.9 Å². The molecule has 0 bridgehead atoms. The van der Waals surface area contributed by atoms with Crippen LogP contribution in [0, 0.1) is 6.92 Å². The quantitative estimate of drug-likeness (QED) is 0.918. The lowest BCUT2D eigenvalue weighted by atomic mass is 9.85. The summed E-state index contributed by atoms with van der Waals surface area (Å²) in [5.74, 6) is 1.31. The predicted octanol–water partition coefficient (Wildman–Crippen LogP) is 3.58. The molecule has 1 heterocycles. The molecule has 1 amide bonds. The van der Waals surface area contributed by atoms with Gasteiger partial charge < -0.3 is 14.5 Å². The molecule has 0 aliphatic heterocycles. The summed E-state index contributed by atoms with van der Waals surface area (Å²) in [6.07, 6.45) is 1.58. The van der Waals surface area contributed by atoms with E-state index in [9.17, 15) is 4.79 Å². The van der Waals surface area contributed by atoms with Crippen LogP contribution in [0.4, 0.5) is 0 Å². The van der Waals surface area contributed by atoms with Gasteiger partial charge >= 0.3 is 0 Å². The highest BCUT2D eigenvalue weighted by molar-refractivity contribution is 5.77. The first-order chi connectivity index (χ1) is 10.4. The number of benzene rings is 1. The Bertz CT molecular complexity index is 624. The third-order valence-corrected chi connectivity index (χ3v) is 3.34. The van der Waals surface area contributed by atoms with E-state index in [0.29, 0.717) is 6.54 Å². The lowest BCUT2D eigenvalue weighted by molar-refractivity contribution is -0.123. The molecule has 0 unspecified atom stereocenters. The molecule has 1 aromatic heterocycles. The van der Waals surface area contributed by atoms with Crippen molar-refractivity contribution in [1.29, 1.82) is 0 Å². The minimum absolute atomic E-state index is 0.00709. The number of hydrogen-bond donors (Lipinski definition) is 1. The van der Waals surface area contributed by atoms with Gasteiger partial charge in [0.15, 0.2) is 6.61 Å². The van der Waals surface area contributed by atoms with Gasteiger partial charge in [-0.1, -0.05) is 38.5 Å². The van der Waals surface area contributed by atoms with E-state index >= 15 is 0 Å². The highest BCUT2D eigenvalue weighted by atomic mass is 16.5. The maximum Gasteiger partial charge on any atom is 0.258 e. The standard InChI is InChI=1S/C18H23NO3/c1-13-7-8-16(15(10-13)18(2,3)4)22-12-17(20)19-11-14-6-5-9-21-14/h5-10H,11-12H2,1-4H3,(H,19,20). The fraction of sp³-hybridized carbons (Fsp3) is 0.389. The summed E-state index contributed by atoms with van der Waals surface area (Å²) in [5.41, 5.74) is 2.25. The Balaban J connectivity index is 1.95. The number of furan rings is 1. The lowest BCUT2D eigenvalue weighted by Gasteiger charge is -2.23. The van der Waals surface area contributed by atoms with E-state index in [0.717, 1.165) is 17.1 Å². The second-order valence-corrected chi connectivity index (χ2v) is 6.39. The van der Waals surface area contributed by atoms with Gasteiger partial charge in [0.2, 0.25) is 0 Å². The molecule has 0 aliphatic carbocycles. The first kappa shape index (κ1) is 16.1. The molecule has 22 heavy (non-hydrogen) atoms. The average Bonchev–Trinajstić information content (AvgIpc) is 2.96. The Morgan fingerprint density at radius 1 is 1.27 bits per heavy atom. The van der Waals surface area contributed by atoms with Crippen molar-refractivity contribution in [2.75, 3.05) is 6.61 Å². The molecule has 0 saturated carbocycles. The molecule has 0 fully saturated rings. The smallest absolute Gasteiger partial charge is 0.258 e. The summed E-state index contributed by atoms with van der Waals surface area (Å²) in [6.45, 7) is 8.81. The minimum Gasteiger partial charge on any atom is -0.483 e. The summed E-state index contributed by atoms with van der Waals surface area (Å²) in [5, 5.41) is 2.77. The molecule has 1 N–H and O–H groups in total. The molecule has 0 aliphatic rings. The number of rotatable bonds is 5. The molecule has 0 radical (unpaired) electrons. The highest BCUT2D eigenvalue weighted by Crippen LogP contribution is 2.32. The monoisotopic (exact) mass is 301 g/mol. The summed E-state index contributed by atoms with van der Waals surface area (Å²) in [7, 11) is 0.